The van der Waals surface area contributed by atoms with E-state index in [0.29, 0.717) is 17.8 Å². The van der Waals surface area contributed by atoms with E-state index in [0.717, 1.165) is 19.4 Å². The molecule has 0 spiro atoms. The van der Waals surface area contributed by atoms with Crippen LogP contribution in [-0.2, 0) is 19.6 Å². The van der Waals surface area contributed by atoms with Crippen molar-refractivity contribution in [2.24, 2.45) is 5.14 Å². The third-order valence-corrected chi connectivity index (χ3v) is 4.51. The van der Waals surface area contributed by atoms with Gasteiger partial charge in [-0.3, -0.25) is 4.79 Å². The number of nitrogens with one attached hydrogen (secondary N) is 2. The molecular formula is C14H22ClN3O4S. The van der Waals surface area contributed by atoms with E-state index in [2.05, 4.69) is 10.6 Å². The second-order valence-corrected chi connectivity index (χ2v) is 6.87. The first-order chi connectivity index (χ1) is 10.4. The molecule has 1 heterocycles. The molecule has 1 unspecified atom stereocenters. The van der Waals surface area contributed by atoms with Crippen LogP contribution in [-0.4, -0.2) is 40.1 Å². The van der Waals surface area contributed by atoms with Gasteiger partial charge in [0.25, 0.3) is 0 Å². The van der Waals surface area contributed by atoms with Crippen LogP contribution >= 0.6 is 12.4 Å². The molecule has 7 nitrogen and oxygen atoms in total. The van der Waals surface area contributed by atoms with Crippen molar-refractivity contribution in [1.29, 1.82) is 0 Å². The van der Waals surface area contributed by atoms with E-state index in [9.17, 15) is 13.2 Å². The molecule has 4 N–H and O–H groups in total. The highest BCUT2D eigenvalue weighted by atomic mass is 35.5. The van der Waals surface area contributed by atoms with Crippen molar-refractivity contribution in [3.8, 4) is 0 Å². The Balaban J connectivity index is 0.00000264. The number of nitrogens with two attached hydrogens (primary N) is 1. The summed E-state index contributed by atoms with van der Waals surface area (Å²) in [6.07, 6.45) is 2.23. The maximum absolute atomic E-state index is 11.8. The molecule has 1 fully saturated rings. The van der Waals surface area contributed by atoms with Gasteiger partial charge in [0.15, 0.2) is 0 Å². The van der Waals surface area contributed by atoms with Gasteiger partial charge in [-0.25, -0.2) is 13.6 Å². The third-order valence-electron chi connectivity index (χ3n) is 3.46. The zero-order valence-electron chi connectivity index (χ0n) is 12.9. The van der Waals surface area contributed by atoms with Crippen molar-refractivity contribution in [2.45, 2.75) is 30.8 Å². The minimum Gasteiger partial charge on any atom is -0.377 e. The summed E-state index contributed by atoms with van der Waals surface area (Å²) >= 11 is 0. The zero-order valence-corrected chi connectivity index (χ0v) is 14.5. The van der Waals surface area contributed by atoms with Crippen LogP contribution in [0.2, 0.25) is 0 Å². The molecule has 1 atom stereocenters. The lowest BCUT2D eigenvalue weighted by Crippen LogP contribution is -2.33. The first-order valence-electron chi connectivity index (χ1n) is 7.12. The summed E-state index contributed by atoms with van der Waals surface area (Å²) in [7, 11) is -3.80. The number of carbonyl (C=O) groups excluding carboxylic acids is 1. The number of anilines is 1. The van der Waals surface area contributed by atoms with Gasteiger partial charge in [0.05, 0.1) is 17.5 Å². The van der Waals surface area contributed by atoms with Crippen molar-refractivity contribution < 1.29 is 17.9 Å². The Morgan fingerprint density at radius 2 is 2.17 bits per heavy atom. The van der Waals surface area contributed by atoms with Crippen LogP contribution < -0.4 is 15.8 Å². The molecule has 0 aromatic heterocycles. The van der Waals surface area contributed by atoms with E-state index in [1.807, 2.05) is 0 Å². The molecule has 0 bridgehead atoms. The molecule has 1 aromatic rings. The van der Waals surface area contributed by atoms with E-state index >= 15 is 0 Å². The molecule has 1 aromatic carbocycles. The van der Waals surface area contributed by atoms with E-state index in [4.69, 9.17) is 9.88 Å². The van der Waals surface area contributed by atoms with E-state index in [1.165, 1.54) is 6.07 Å². The molecule has 1 aliphatic heterocycles. The lowest BCUT2D eigenvalue weighted by molar-refractivity contribution is -0.115. The highest BCUT2D eigenvalue weighted by Gasteiger charge is 2.16. The molecule has 1 amide bonds. The molecule has 130 valence electrons. The molecule has 1 aliphatic rings. The zero-order chi connectivity index (χ0) is 16.2. The molecule has 0 saturated carbocycles. The smallest absolute Gasteiger partial charge is 0.238 e. The van der Waals surface area contributed by atoms with Crippen molar-refractivity contribution in [3.05, 3.63) is 23.8 Å². The summed E-state index contributed by atoms with van der Waals surface area (Å²) in [5, 5.41) is 10.8. The molecular weight excluding hydrogens is 342 g/mol. The largest absolute Gasteiger partial charge is 0.377 e. The topological polar surface area (TPSA) is 111 Å². The number of amides is 1. The average Bonchev–Trinajstić information content (AvgIpc) is 2.93. The minimum absolute atomic E-state index is 0. The highest BCUT2D eigenvalue weighted by Crippen LogP contribution is 2.18. The van der Waals surface area contributed by atoms with Gasteiger partial charge in [-0.15, -0.1) is 12.4 Å². The van der Waals surface area contributed by atoms with Gasteiger partial charge in [-0.1, -0.05) is 6.07 Å². The molecule has 1 saturated heterocycles. The summed E-state index contributed by atoms with van der Waals surface area (Å²) in [4.78, 5) is 11.8. The van der Waals surface area contributed by atoms with Gasteiger partial charge in [-0.05, 0) is 37.5 Å². The van der Waals surface area contributed by atoms with Crippen LogP contribution in [0.25, 0.3) is 0 Å². The van der Waals surface area contributed by atoms with Crippen LogP contribution in [0.5, 0.6) is 0 Å². The fraction of sp³-hybridized carbons (Fsp3) is 0.500. The van der Waals surface area contributed by atoms with Gasteiger partial charge in [0.1, 0.15) is 0 Å². The molecule has 2 rings (SSSR count). The number of halogens is 1. The average molecular weight is 364 g/mol. The predicted molar refractivity (Wildman–Crippen MR) is 90.3 cm³/mol. The number of primary sulfonamides is 1. The number of aryl methyl sites for hydroxylation is 1. The first-order valence-corrected chi connectivity index (χ1v) is 8.66. The van der Waals surface area contributed by atoms with Crippen molar-refractivity contribution >= 4 is 34.0 Å². The van der Waals surface area contributed by atoms with E-state index < -0.39 is 10.0 Å². The first kappa shape index (κ1) is 19.9. The van der Waals surface area contributed by atoms with Crippen molar-refractivity contribution in [1.82, 2.24) is 5.32 Å². The highest BCUT2D eigenvalue weighted by molar-refractivity contribution is 7.89. The fourth-order valence-corrected chi connectivity index (χ4v) is 3.15. The SMILES string of the molecule is Cc1ccc(NC(=O)CNCC2CCCO2)cc1S(N)(=O)=O.Cl. The third kappa shape index (κ3) is 6.08. The quantitative estimate of drug-likeness (QED) is 0.691. The normalized spacial score (nSPS) is 17.6. The Bertz CT molecular complexity index is 645. The monoisotopic (exact) mass is 363 g/mol. The number of sulfonamides is 1. The minimum atomic E-state index is -3.80. The summed E-state index contributed by atoms with van der Waals surface area (Å²) in [6.45, 7) is 3.19. The van der Waals surface area contributed by atoms with E-state index in [1.54, 1.807) is 19.1 Å². The molecule has 0 aliphatic carbocycles. The second-order valence-electron chi connectivity index (χ2n) is 5.34. The van der Waals surface area contributed by atoms with Crippen LogP contribution in [0.1, 0.15) is 18.4 Å². The number of ether oxygens (including phenoxy) is 1. The maximum atomic E-state index is 11.8. The number of hydrogen-bond acceptors (Lipinski definition) is 5. The Labute approximate surface area is 142 Å². The Kier molecular flexibility index (Phi) is 7.43. The number of carbonyl (C=O) groups is 1. The van der Waals surface area contributed by atoms with Gasteiger partial charge >= 0.3 is 0 Å². The fourth-order valence-electron chi connectivity index (χ4n) is 2.34. The van der Waals surface area contributed by atoms with Gasteiger partial charge in [0, 0.05) is 18.8 Å². The maximum Gasteiger partial charge on any atom is 0.238 e. The summed E-state index contributed by atoms with van der Waals surface area (Å²) in [5.74, 6) is -0.248. The van der Waals surface area contributed by atoms with Crippen LogP contribution in [0.4, 0.5) is 5.69 Å². The number of benzene rings is 1. The lowest BCUT2D eigenvalue weighted by atomic mass is 10.2. The molecule has 23 heavy (non-hydrogen) atoms. The summed E-state index contributed by atoms with van der Waals surface area (Å²) < 4.78 is 28.3. The summed E-state index contributed by atoms with van der Waals surface area (Å²) in [5.41, 5.74) is 0.940. The van der Waals surface area contributed by atoms with Gasteiger partial charge in [-0.2, -0.15) is 0 Å². The second kappa shape index (κ2) is 8.60. The van der Waals surface area contributed by atoms with Crippen molar-refractivity contribution in [3.63, 3.8) is 0 Å². The Morgan fingerprint density at radius 3 is 2.78 bits per heavy atom. The molecule has 0 radical (unpaired) electrons. The Morgan fingerprint density at radius 1 is 1.43 bits per heavy atom. The number of rotatable bonds is 6. The van der Waals surface area contributed by atoms with Gasteiger partial charge in [0.2, 0.25) is 15.9 Å². The standard InChI is InChI=1S/C14H21N3O4S.ClH/c1-10-4-5-11(7-13(10)22(15,19)20)17-14(18)9-16-8-12-3-2-6-21-12;/h4-5,7,12,16H,2-3,6,8-9H2,1H3,(H,17,18)(H2,15,19,20);1H. The lowest BCUT2D eigenvalue weighted by Gasteiger charge is -2.12. The van der Waals surface area contributed by atoms with Gasteiger partial charge < -0.3 is 15.4 Å². The van der Waals surface area contributed by atoms with Crippen LogP contribution in [0, 0.1) is 6.92 Å². The number of hydrogen-bond donors (Lipinski definition) is 3. The predicted octanol–water partition coefficient (Wildman–Crippen LogP) is 0.771. The van der Waals surface area contributed by atoms with Crippen molar-refractivity contribution in [2.75, 3.05) is 25.0 Å². The van der Waals surface area contributed by atoms with Crippen LogP contribution in [0.3, 0.4) is 0 Å². The molecule has 9 heteroatoms. The van der Waals surface area contributed by atoms with E-state index in [-0.39, 0.29) is 35.9 Å². The van der Waals surface area contributed by atoms with Crippen LogP contribution in [0.15, 0.2) is 23.1 Å². The Hall–Kier alpha value is -1.19. The summed E-state index contributed by atoms with van der Waals surface area (Å²) in [6, 6.07) is 4.61.